The van der Waals surface area contributed by atoms with E-state index in [1.54, 1.807) is 6.07 Å². The molecule has 1 aromatic carbocycles. The average Bonchev–Trinajstić information content (AvgIpc) is 2.80. The van der Waals surface area contributed by atoms with Crippen molar-refractivity contribution in [3.63, 3.8) is 0 Å². The Morgan fingerprint density at radius 2 is 2.00 bits per heavy atom. The smallest absolute Gasteiger partial charge is 0.357 e. The van der Waals surface area contributed by atoms with Gasteiger partial charge < -0.3 is 20.1 Å². The summed E-state index contributed by atoms with van der Waals surface area (Å²) in [4.78, 5) is 11.7. The van der Waals surface area contributed by atoms with E-state index < -0.39 is 23.4 Å². The molecular weight excluding hydrogens is 284 g/mol. The number of carbonyl (C=O) groups excluding carboxylic acids is 1. The van der Waals surface area contributed by atoms with Gasteiger partial charge >= 0.3 is 5.97 Å². The first-order valence-corrected chi connectivity index (χ1v) is 5.58. The Morgan fingerprint density at radius 3 is 2.48 bits per heavy atom. The van der Waals surface area contributed by atoms with Gasteiger partial charge in [-0.05, 0) is 0 Å². The van der Waals surface area contributed by atoms with Crippen LogP contribution in [-0.4, -0.2) is 22.8 Å². The van der Waals surface area contributed by atoms with E-state index in [1.165, 1.54) is 0 Å². The molecule has 0 aliphatic rings. The van der Waals surface area contributed by atoms with Crippen molar-refractivity contribution in [2.75, 3.05) is 12.8 Å². The summed E-state index contributed by atoms with van der Waals surface area (Å²) in [5.41, 5.74) is 5.07. The van der Waals surface area contributed by atoms with Crippen LogP contribution >= 0.6 is 0 Å². The normalized spacial score (nSPS) is 10.2. The number of anilines is 1. The van der Waals surface area contributed by atoms with Crippen molar-refractivity contribution in [3.8, 4) is 17.5 Å². The Hall–Kier alpha value is -3.08. The van der Waals surface area contributed by atoms with Crippen LogP contribution in [0.4, 0.5) is 14.5 Å². The number of hydrogen-bond donors (Lipinski definition) is 2. The van der Waals surface area contributed by atoms with Crippen LogP contribution in [0.3, 0.4) is 0 Å². The van der Waals surface area contributed by atoms with Crippen LogP contribution in [-0.2, 0) is 4.74 Å². The minimum atomic E-state index is -1.22. The van der Waals surface area contributed by atoms with E-state index in [1.807, 2.05) is 0 Å². The molecule has 8 heteroatoms. The molecule has 108 valence electrons. The number of nitrogens with zero attached hydrogens (tertiary/aromatic N) is 2. The highest BCUT2D eigenvalue weighted by Crippen LogP contribution is 2.28. The monoisotopic (exact) mass is 293 g/mol. The number of rotatable bonds is 2. The van der Waals surface area contributed by atoms with Crippen LogP contribution in [0.15, 0.2) is 18.3 Å². The fourth-order valence-corrected chi connectivity index (χ4v) is 1.81. The number of nitrogen functional groups attached to an aromatic ring is 1. The molecular formula is C13H9F2N3O3. The summed E-state index contributed by atoms with van der Waals surface area (Å²) in [7, 11) is 1.10. The van der Waals surface area contributed by atoms with Gasteiger partial charge in [0.2, 0.25) is 0 Å². The number of nitriles is 1. The second-order valence-electron chi connectivity index (χ2n) is 4.04. The highest BCUT2D eigenvalue weighted by Gasteiger charge is 2.23. The van der Waals surface area contributed by atoms with Crippen molar-refractivity contribution in [3.05, 3.63) is 41.2 Å². The van der Waals surface area contributed by atoms with Crippen LogP contribution in [0.2, 0.25) is 0 Å². The third kappa shape index (κ3) is 2.25. The largest absolute Gasteiger partial charge is 0.503 e. The number of hydrogen-bond acceptors (Lipinski definition) is 5. The molecule has 0 bridgehead atoms. The van der Waals surface area contributed by atoms with Crippen LogP contribution in [0.1, 0.15) is 16.1 Å². The second kappa shape index (κ2) is 5.13. The number of benzene rings is 1. The molecule has 6 nitrogen and oxygen atoms in total. The third-order valence-electron chi connectivity index (χ3n) is 2.82. The van der Waals surface area contributed by atoms with Crippen LogP contribution in [0.5, 0.6) is 5.75 Å². The van der Waals surface area contributed by atoms with E-state index in [4.69, 9.17) is 16.1 Å². The topological polar surface area (TPSA) is 101 Å². The minimum absolute atomic E-state index is 0.0516. The number of phenols is 1. The number of esters is 1. The van der Waals surface area contributed by atoms with Gasteiger partial charge in [0, 0.05) is 18.3 Å². The van der Waals surface area contributed by atoms with Gasteiger partial charge in [-0.25, -0.2) is 13.6 Å². The highest BCUT2D eigenvalue weighted by atomic mass is 19.1. The molecule has 3 N–H and O–H groups in total. The Morgan fingerprint density at radius 1 is 1.43 bits per heavy atom. The molecule has 0 fully saturated rings. The van der Waals surface area contributed by atoms with E-state index in [-0.39, 0.29) is 22.6 Å². The molecule has 1 aromatic heterocycles. The van der Waals surface area contributed by atoms with Gasteiger partial charge in [0.05, 0.1) is 24.0 Å². The summed E-state index contributed by atoms with van der Waals surface area (Å²) in [6.07, 6.45) is 1.15. The number of methoxy groups -OCH3 is 1. The number of halogens is 2. The van der Waals surface area contributed by atoms with E-state index >= 15 is 0 Å². The maximum atomic E-state index is 13.4. The van der Waals surface area contributed by atoms with E-state index in [2.05, 4.69) is 4.74 Å². The zero-order valence-electron chi connectivity index (χ0n) is 10.7. The standard InChI is InChI=1S/C13H9F2N3O3/c1-21-13(20)11-10(17)6(4-16)5-18(11)7-2-8(14)12(19)9(15)3-7/h2-3,5,19H,17H2,1H3. The number of nitrogens with two attached hydrogens (primary N) is 1. The Balaban J connectivity index is 2.75. The maximum Gasteiger partial charge on any atom is 0.357 e. The zero-order chi connectivity index (χ0) is 15.7. The lowest BCUT2D eigenvalue weighted by Gasteiger charge is -2.09. The summed E-state index contributed by atoms with van der Waals surface area (Å²) in [5.74, 6) is -4.44. The summed E-state index contributed by atoms with van der Waals surface area (Å²) in [6, 6.07) is 3.35. The Labute approximate surface area is 117 Å². The van der Waals surface area contributed by atoms with Crippen LogP contribution < -0.4 is 5.73 Å². The number of carbonyl (C=O) groups is 1. The first-order valence-electron chi connectivity index (χ1n) is 5.58. The molecule has 0 radical (unpaired) electrons. The molecule has 0 unspecified atom stereocenters. The lowest BCUT2D eigenvalue weighted by atomic mass is 10.2. The molecule has 0 aliphatic carbocycles. The molecule has 0 saturated carbocycles. The van der Waals surface area contributed by atoms with E-state index in [0.29, 0.717) is 0 Å². The predicted molar refractivity (Wildman–Crippen MR) is 67.8 cm³/mol. The summed E-state index contributed by atoms with van der Waals surface area (Å²) in [6.45, 7) is 0. The first kappa shape index (κ1) is 14.3. The van der Waals surface area contributed by atoms with Crippen LogP contribution in [0, 0.1) is 23.0 Å². The van der Waals surface area contributed by atoms with Gasteiger partial charge in [-0.1, -0.05) is 0 Å². The predicted octanol–water partition coefficient (Wildman–Crippen LogP) is 1.70. The fourth-order valence-electron chi connectivity index (χ4n) is 1.81. The van der Waals surface area contributed by atoms with Gasteiger partial charge in [-0.2, -0.15) is 5.26 Å². The quantitative estimate of drug-likeness (QED) is 0.821. The Kier molecular flexibility index (Phi) is 3.50. The second-order valence-corrected chi connectivity index (χ2v) is 4.04. The van der Waals surface area contributed by atoms with Crippen molar-refractivity contribution in [2.24, 2.45) is 0 Å². The molecule has 21 heavy (non-hydrogen) atoms. The van der Waals surface area contributed by atoms with E-state index in [0.717, 1.165) is 30.0 Å². The molecule has 0 spiro atoms. The molecule has 0 aliphatic heterocycles. The summed E-state index contributed by atoms with van der Waals surface area (Å²) < 4.78 is 32.4. The zero-order valence-corrected chi connectivity index (χ0v) is 10.7. The molecule has 2 aromatic rings. The Bertz CT molecular complexity index is 755. The number of phenolic OH excluding ortho intramolecular Hbond substituents is 1. The molecule has 2 rings (SSSR count). The fraction of sp³-hybridized carbons (Fsp3) is 0.0769. The third-order valence-corrected chi connectivity index (χ3v) is 2.82. The molecule has 1 heterocycles. The lowest BCUT2D eigenvalue weighted by Crippen LogP contribution is -2.11. The SMILES string of the molecule is COC(=O)c1c(N)c(C#N)cn1-c1cc(F)c(O)c(F)c1. The van der Waals surface area contributed by atoms with Crippen LogP contribution in [0.25, 0.3) is 5.69 Å². The number of aromatic nitrogens is 1. The average molecular weight is 293 g/mol. The minimum Gasteiger partial charge on any atom is -0.503 e. The molecule has 0 atom stereocenters. The number of ether oxygens (including phenoxy) is 1. The summed E-state index contributed by atoms with van der Waals surface area (Å²) in [5, 5.41) is 18.0. The van der Waals surface area contributed by atoms with Gasteiger partial charge in [0.25, 0.3) is 0 Å². The van der Waals surface area contributed by atoms with E-state index in [9.17, 15) is 13.6 Å². The van der Waals surface area contributed by atoms with Gasteiger partial charge in [-0.15, -0.1) is 0 Å². The maximum absolute atomic E-state index is 13.4. The van der Waals surface area contributed by atoms with Crippen molar-refractivity contribution >= 4 is 11.7 Å². The first-order chi connectivity index (χ1) is 9.90. The van der Waals surface area contributed by atoms with Gasteiger partial charge in [0.1, 0.15) is 6.07 Å². The molecule has 0 amide bonds. The molecule has 0 saturated heterocycles. The van der Waals surface area contributed by atoms with Crippen molar-refractivity contribution in [1.82, 2.24) is 4.57 Å². The highest BCUT2D eigenvalue weighted by molar-refractivity contribution is 5.95. The van der Waals surface area contributed by atoms with Crippen molar-refractivity contribution < 1.29 is 23.4 Å². The van der Waals surface area contributed by atoms with Gasteiger partial charge in [0.15, 0.2) is 23.1 Å². The van der Waals surface area contributed by atoms with Crippen molar-refractivity contribution in [1.29, 1.82) is 5.26 Å². The van der Waals surface area contributed by atoms with Crippen molar-refractivity contribution in [2.45, 2.75) is 0 Å². The lowest BCUT2D eigenvalue weighted by molar-refractivity contribution is 0.0593. The number of aromatic hydroxyl groups is 1. The van der Waals surface area contributed by atoms with Gasteiger partial charge in [-0.3, -0.25) is 0 Å². The summed E-state index contributed by atoms with van der Waals surface area (Å²) >= 11 is 0.